The van der Waals surface area contributed by atoms with Crippen LogP contribution in [0.3, 0.4) is 0 Å². The first kappa shape index (κ1) is 19.5. The first-order valence-electron chi connectivity index (χ1n) is 8.94. The minimum atomic E-state index is -0.386. The maximum absolute atomic E-state index is 11.3. The van der Waals surface area contributed by atoms with E-state index in [2.05, 4.69) is 36.0 Å². The molecule has 0 aliphatic rings. The Morgan fingerprint density at radius 2 is 2.04 bits per heavy atom. The predicted molar refractivity (Wildman–Crippen MR) is 104 cm³/mol. The van der Waals surface area contributed by atoms with E-state index < -0.39 is 0 Å². The molecule has 0 radical (unpaired) electrons. The molecule has 0 saturated carbocycles. The van der Waals surface area contributed by atoms with Gasteiger partial charge in [-0.3, -0.25) is 4.79 Å². The lowest BCUT2D eigenvalue weighted by molar-refractivity contribution is -0.131. The van der Waals surface area contributed by atoms with Gasteiger partial charge in [-0.15, -0.1) is 5.10 Å². The number of aromatic amines is 1. The summed E-state index contributed by atoms with van der Waals surface area (Å²) >= 11 is 0. The molecule has 3 aromatic rings. The van der Waals surface area contributed by atoms with Crippen LogP contribution in [0.15, 0.2) is 24.3 Å². The fourth-order valence-electron chi connectivity index (χ4n) is 2.61. The van der Waals surface area contributed by atoms with Crippen molar-refractivity contribution < 1.29 is 14.6 Å². The molecule has 10 heteroatoms. The Hall–Kier alpha value is -3.27. The molecule has 0 fully saturated rings. The molecule has 148 valence electrons. The molecule has 0 aliphatic carbocycles. The van der Waals surface area contributed by atoms with Crippen LogP contribution in [0.1, 0.15) is 26.3 Å². The third-order valence-electron chi connectivity index (χ3n) is 4.17. The van der Waals surface area contributed by atoms with Gasteiger partial charge < -0.3 is 20.5 Å². The molecule has 0 spiro atoms. The van der Waals surface area contributed by atoms with Gasteiger partial charge >= 0.3 is 5.97 Å². The van der Waals surface area contributed by atoms with Gasteiger partial charge in [0.05, 0.1) is 12.6 Å². The number of hydrogen-bond donors (Lipinski definition) is 4. The van der Waals surface area contributed by atoms with Crippen LogP contribution >= 0.6 is 0 Å². The van der Waals surface area contributed by atoms with Crippen LogP contribution in [0.2, 0.25) is 0 Å². The number of benzene rings is 1. The Morgan fingerprint density at radius 1 is 1.25 bits per heavy atom. The number of aromatic nitrogens is 5. The highest BCUT2D eigenvalue weighted by molar-refractivity contribution is 5.83. The minimum Gasteiger partial charge on any atom is -0.426 e. The predicted octanol–water partition coefficient (Wildman–Crippen LogP) is 1.71. The molecule has 0 saturated heterocycles. The number of carbonyl (C=O) groups is 1. The van der Waals surface area contributed by atoms with Crippen molar-refractivity contribution in [2.24, 2.45) is 5.92 Å². The van der Waals surface area contributed by atoms with Crippen LogP contribution in [0, 0.1) is 5.92 Å². The van der Waals surface area contributed by atoms with E-state index >= 15 is 0 Å². The molecule has 1 unspecified atom stereocenters. The number of nitrogens with one attached hydrogen (secondary N) is 3. The second-order valence-electron chi connectivity index (χ2n) is 6.62. The van der Waals surface area contributed by atoms with E-state index in [1.165, 1.54) is 6.92 Å². The maximum atomic E-state index is 11.3. The highest BCUT2D eigenvalue weighted by atomic mass is 16.5. The summed E-state index contributed by atoms with van der Waals surface area (Å²) in [6.45, 7) is 5.66. The number of ether oxygens (including phenoxy) is 1. The summed E-state index contributed by atoms with van der Waals surface area (Å²) in [6.07, 6.45) is 0. The van der Waals surface area contributed by atoms with Crippen LogP contribution in [0.4, 0.5) is 11.8 Å². The SMILES string of the molecule is CC(=O)Oc1ccccc1CNc1nc(NC(CO)C(C)C)nc2n[nH]nc12. The standard InChI is InChI=1S/C18H23N7O3/c1-10(2)13(9-26)20-18-21-16(15-17(22-18)24-25-23-15)19-8-12-6-4-5-7-14(12)28-11(3)27/h4-7,10,13,26H,8-9H2,1-3H3,(H3,19,20,21,22,23,24,25). The number of aliphatic hydroxyl groups is 1. The molecule has 0 aliphatic heterocycles. The van der Waals surface area contributed by atoms with Gasteiger partial charge in [-0.25, -0.2) is 0 Å². The van der Waals surface area contributed by atoms with Gasteiger partial charge in [-0.05, 0) is 12.0 Å². The third-order valence-corrected chi connectivity index (χ3v) is 4.17. The Balaban J connectivity index is 1.85. The summed E-state index contributed by atoms with van der Waals surface area (Å²) in [5.74, 6) is 1.09. The van der Waals surface area contributed by atoms with Gasteiger partial charge in [-0.2, -0.15) is 20.3 Å². The summed E-state index contributed by atoms with van der Waals surface area (Å²) in [6, 6.07) is 7.04. The topological polar surface area (TPSA) is 138 Å². The Labute approximate surface area is 161 Å². The van der Waals surface area contributed by atoms with Crippen LogP contribution in [-0.2, 0) is 11.3 Å². The highest BCUT2D eigenvalue weighted by Gasteiger charge is 2.17. The molecule has 28 heavy (non-hydrogen) atoms. The first-order valence-corrected chi connectivity index (χ1v) is 8.94. The average molecular weight is 385 g/mol. The van der Waals surface area contributed by atoms with Crippen LogP contribution in [-0.4, -0.2) is 49.1 Å². The van der Waals surface area contributed by atoms with Crippen molar-refractivity contribution >= 4 is 28.9 Å². The van der Waals surface area contributed by atoms with Gasteiger partial charge in [0.1, 0.15) is 5.75 Å². The number of nitrogens with zero attached hydrogens (tertiary/aromatic N) is 4. The number of H-pyrrole nitrogens is 1. The molecule has 1 aromatic carbocycles. The highest BCUT2D eigenvalue weighted by Crippen LogP contribution is 2.23. The van der Waals surface area contributed by atoms with E-state index in [-0.39, 0.29) is 24.5 Å². The molecular formula is C18H23N7O3. The van der Waals surface area contributed by atoms with E-state index in [4.69, 9.17) is 4.74 Å². The largest absolute Gasteiger partial charge is 0.426 e. The van der Waals surface area contributed by atoms with Crippen molar-refractivity contribution in [3.63, 3.8) is 0 Å². The fraction of sp³-hybridized carbons (Fsp3) is 0.389. The molecule has 3 rings (SSSR count). The van der Waals surface area contributed by atoms with Crippen LogP contribution < -0.4 is 15.4 Å². The van der Waals surface area contributed by atoms with Crippen molar-refractivity contribution in [1.82, 2.24) is 25.4 Å². The van der Waals surface area contributed by atoms with Gasteiger partial charge in [0, 0.05) is 19.0 Å². The minimum absolute atomic E-state index is 0.0452. The van der Waals surface area contributed by atoms with Gasteiger partial charge in [-0.1, -0.05) is 32.0 Å². The summed E-state index contributed by atoms with van der Waals surface area (Å²) in [4.78, 5) is 20.1. The summed E-state index contributed by atoms with van der Waals surface area (Å²) in [7, 11) is 0. The third kappa shape index (κ3) is 4.52. The number of carbonyl (C=O) groups excluding carboxylic acids is 1. The van der Waals surface area contributed by atoms with Crippen molar-refractivity contribution in [3.8, 4) is 5.75 Å². The number of aliphatic hydroxyl groups excluding tert-OH is 1. The molecule has 10 nitrogen and oxygen atoms in total. The zero-order valence-corrected chi connectivity index (χ0v) is 15.9. The quantitative estimate of drug-likeness (QED) is 0.337. The molecule has 2 heterocycles. The number of rotatable bonds is 8. The number of fused-ring (bicyclic) bond motifs is 1. The summed E-state index contributed by atoms with van der Waals surface area (Å²) in [5, 5.41) is 26.5. The van der Waals surface area contributed by atoms with E-state index in [0.717, 1.165) is 5.56 Å². The molecule has 0 amide bonds. The lowest BCUT2D eigenvalue weighted by atomic mass is 10.1. The first-order chi connectivity index (χ1) is 13.5. The van der Waals surface area contributed by atoms with E-state index in [0.29, 0.717) is 35.2 Å². The lowest BCUT2D eigenvalue weighted by Crippen LogP contribution is -2.30. The van der Waals surface area contributed by atoms with Crippen molar-refractivity contribution in [2.75, 3.05) is 17.2 Å². The number of anilines is 2. The normalized spacial score (nSPS) is 12.2. The van der Waals surface area contributed by atoms with Crippen molar-refractivity contribution in [2.45, 2.75) is 33.4 Å². The Morgan fingerprint density at radius 3 is 2.75 bits per heavy atom. The molecule has 0 bridgehead atoms. The van der Waals surface area contributed by atoms with Crippen LogP contribution in [0.5, 0.6) is 5.75 Å². The molecule has 2 aromatic heterocycles. The van der Waals surface area contributed by atoms with Gasteiger partial charge in [0.25, 0.3) is 0 Å². The summed E-state index contributed by atoms with van der Waals surface area (Å²) in [5.41, 5.74) is 1.67. The zero-order valence-electron chi connectivity index (χ0n) is 15.9. The molecule has 1 atom stereocenters. The summed E-state index contributed by atoms with van der Waals surface area (Å²) < 4.78 is 5.24. The second kappa shape index (κ2) is 8.61. The zero-order chi connectivity index (χ0) is 20.1. The van der Waals surface area contributed by atoms with Gasteiger partial charge in [0.15, 0.2) is 11.3 Å². The smallest absolute Gasteiger partial charge is 0.308 e. The van der Waals surface area contributed by atoms with Crippen molar-refractivity contribution in [1.29, 1.82) is 0 Å². The lowest BCUT2D eigenvalue weighted by Gasteiger charge is -2.20. The maximum Gasteiger partial charge on any atom is 0.308 e. The monoisotopic (exact) mass is 385 g/mol. The van der Waals surface area contributed by atoms with Gasteiger partial charge in [0.2, 0.25) is 11.6 Å². The Bertz CT molecular complexity index is 957. The fourth-order valence-corrected chi connectivity index (χ4v) is 2.61. The second-order valence-corrected chi connectivity index (χ2v) is 6.62. The molecular weight excluding hydrogens is 362 g/mol. The average Bonchev–Trinajstić information content (AvgIpc) is 3.13. The van der Waals surface area contributed by atoms with E-state index in [9.17, 15) is 9.90 Å². The number of para-hydroxylation sites is 1. The number of hydrogen-bond acceptors (Lipinski definition) is 9. The van der Waals surface area contributed by atoms with E-state index in [1.54, 1.807) is 12.1 Å². The number of esters is 1. The van der Waals surface area contributed by atoms with Crippen molar-refractivity contribution in [3.05, 3.63) is 29.8 Å². The van der Waals surface area contributed by atoms with E-state index in [1.807, 2.05) is 26.0 Å². The van der Waals surface area contributed by atoms with Crippen LogP contribution in [0.25, 0.3) is 11.2 Å². The molecule has 4 N–H and O–H groups in total. The Kier molecular flexibility index (Phi) is 5.99.